The molecule has 1 heterocycles. The van der Waals surface area contributed by atoms with Crippen molar-refractivity contribution in [1.29, 1.82) is 0 Å². The third kappa shape index (κ3) is 0.845. The van der Waals surface area contributed by atoms with E-state index in [0.717, 1.165) is 17.8 Å². The van der Waals surface area contributed by atoms with Crippen molar-refractivity contribution >= 4 is 0 Å². The van der Waals surface area contributed by atoms with Crippen LogP contribution in [-0.4, -0.2) is 9.67 Å². The van der Waals surface area contributed by atoms with Crippen LogP contribution in [0, 0.1) is 19.8 Å². The molecular formula is C10H15NO. The molecule has 2 nitrogen and oxygen atoms in total. The predicted molar refractivity (Wildman–Crippen MR) is 47.9 cm³/mol. The van der Waals surface area contributed by atoms with E-state index in [1.54, 1.807) is 0 Å². The summed E-state index contributed by atoms with van der Waals surface area (Å²) in [5, 5.41) is 10.1. The molecule has 12 heavy (non-hydrogen) atoms. The molecule has 1 aromatic heterocycles. The van der Waals surface area contributed by atoms with Gasteiger partial charge in [-0.2, -0.15) is 0 Å². The molecule has 1 saturated carbocycles. The van der Waals surface area contributed by atoms with Crippen molar-refractivity contribution in [2.24, 2.45) is 5.92 Å². The van der Waals surface area contributed by atoms with Gasteiger partial charge in [-0.05, 0) is 26.0 Å². The van der Waals surface area contributed by atoms with E-state index >= 15 is 0 Å². The zero-order valence-electron chi connectivity index (χ0n) is 7.83. The summed E-state index contributed by atoms with van der Waals surface area (Å²) in [5.74, 6) is 0.405. The molecule has 1 aliphatic rings. The van der Waals surface area contributed by atoms with Gasteiger partial charge < -0.3 is 9.67 Å². The van der Waals surface area contributed by atoms with Crippen LogP contribution >= 0.6 is 0 Å². The zero-order valence-corrected chi connectivity index (χ0v) is 7.83. The minimum Gasteiger partial charge on any atom is -0.370 e. The summed E-state index contributed by atoms with van der Waals surface area (Å²) in [6, 6.07) is 4.11. The number of rotatable bonds is 1. The van der Waals surface area contributed by atoms with Crippen LogP contribution in [0.1, 0.15) is 24.7 Å². The van der Waals surface area contributed by atoms with Gasteiger partial charge in [0.2, 0.25) is 0 Å². The highest BCUT2D eigenvalue weighted by molar-refractivity contribution is 5.19. The van der Waals surface area contributed by atoms with Gasteiger partial charge in [0.15, 0.2) is 0 Å². The van der Waals surface area contributed by atoms with Gasteiger partial charge in [0.1, 0.15) is 5.72 Å². The van der Waals surface area contributed by atoms with E-state index in [-0.39, 0.29) is 0 Å². The lowest BCUT2D eigenvalue weighted by Crippen LogP contribution is -2.20. The number of aryl methyl sites for hydroxylation is 2. The fourth-order valence-corrected chi connectivity index (χ4v) is 1.98. The van der Waals surface area contributed by atoms with Crippen LogP contribution in [0.2, 0.25) is 0 Å². The van der Waals surface area contributed by atoms with E-state index in [0.29, 0.717) is 5.92 Å². The lowest BCUT2D eigenvalue weighted by Gasteiger charge is -2.16. The molecule has 1 N–H and O–H groups in total. The fraction of sp³-hybridized carbons (Fsp3) is 0.600. The van der Waals surface area contributed by atoms with E-state index in [9.17, 15) is 5.11 Å². The minimum absolute atomic E-state index is 0.405. The maximum atomic E-state index is 10.1. The Morgan fingerprint density at radius 1 is 1.42 bits per heavy atom. The molecule has 1 aliphatic carbocycles. The van der Waals surface area contributed by atoms with Gasteiger partial charge in [-0.3, -0.25) is 0 Å². The Labute approximate surface area is 72.8 Å². The van der Waals surface area contributed by atoms with Gasteiger partial charge in [-0.1, -0.05) is 6.92 Å². The second-order valence-electron chi connectivity index (χ2n) is 3.94. The van der Waals surface area contributed by atoms with Gasteiger partial charge in [0, 0.05) is 23.7 Å². The van der Waals surface area contributed by atoms with Crippen LogP contribution in [0.3, 0.4) is 0 Å². The molecule has 2 atom stereocenters. The van der Waals surface area contributed by atoms with E-state index in [2.05, 4.69) is 19.1 Å². The summed E-state index contributed by atoms with van der Waals surface area (Å²) >= 11 is 0. The largest absolute Gasteiger partial charge is 0.370 e. The van der Waals surface area contributed by atoms with Gasteiger partial charge in [-0.25, -0.2) is 0 Å². The van der Waals surface area contributed by atoms with E-state index in [1.165, 1.54) is 0 Å². The SMILES string of the molecule is Cc1ccc(C)n1C1(O)CC1C. The van der Waals surface area contributed by atoms with Crippen LogP contribution in [0.5, 0.6) is 0 Å². The molecule has 2 unspecified atom stereocenters. The van der Waals surface area contributed by atoms with Crippen molar-refractivity contribution in [2.75, 3.05) is 0 Å². The number of aromatic nitrogens is 1. The first-order chi connectivity index (χ1) is 5.55. The van der Waals surface area contributed by atoms with Crippen molar-refractivity contribution in [3.63, 3.8) is 0 Å². The van der Waals surface area contributed by atoms with Crippen LogP contribution in [0.25, 0.3) is 0 Å². The van der Waals surface area contributed by atoms with Gasteiger partial charge >= 0.3 is 0 Å². The minimum atomic E-state index is -0.572. The highest BCUT2D eigenvalue weighted by Gasteiger charge is 2.52. The highest BCUT2D eigenvalue weighted by atomic mass is 16.3. The first-order valence-corrected chi connectivity index (χ1v) is 4.43. The first-order valence-electron chi connectivity index (χ1n) is 4.43. The van der Waals surface area contributed by atoms with E-state index in [4.69, 9.17) is 0 Å². The standard InChI is InChI=1S/C10H15NO/c1-7-6-10(7,12)11-8(2)4-5-9(11)3/h4-5,7,12H,6H2,1-3H3. The normalized spacial score (nSPS) is 33.8. The van der Waals surface area contributed by atoms with Gasteiger partial charge in [0.25, 0.3) is 0 Å². The van der Waals surface area contributed by atoms with Crippen LogP contribution in [0.15, 0.2) is 12.1 Å². The molecular weight excluding hydrogens is 150 g/mol. The molecule has 2 rings (SSSR count). The van der Waals surface area contributed by atoms with E-state index < -0.39 is 5.72 Å². The van der Waals surface area contributed by atoms with Gasteiger partial charge in [0.05, 0.1) is 0 Å². The molecule has 1 aromatic rings. The van der Waals surface area contributed by atoms with Crippen LogP contribution in [-0.2, 0) is 5.72 Å². The van der Waals surface area contributed by atoms with Crippen molar-refractivity contribution in [2.45, 2.75) is 32.9 Å². The summed E-state index contributed by atoms with van der Waals surface area (Å²) in [6.07, 6.45) is 0.892. The van der Waals surface area contributed by atoms with Gasteiger partial charge in [-0.15, -0.1) is 0 Å². The van der Waals surface area contributed by atoms with Crippen molar-refractivity contribution in [3.8, 4) is 0 Å². The monoisotopic (exact) mass is 165 g/mol. The molecule has 0 bridgehead atoms. The Kier molecular flexibility index (Phi) is 1.40. The third-order valence-corrected chi connectivity index (χ3v) is 2.89. The molecule has 0 amide bonds. The average Bonchev–Trinajstić information content (AvgIpc) is 2.38. The second-order valence-corrected chi connectivity index (χ2v) is 3.94. The molecule has 66 valence electrons. The van der Waals surface area contributed by atoms with Crippen LogP contribution in [0.4, 0.5) is 0 Å². The average molecular weight is 165 g/mol. The Balaban J connectivity index is 2.46. The second kappa shape index (κ2) is 2.13. The predicted octanol–water partition coefficient (Wildman–Crippen LogP) is 1.79. The maximum Gasteiger partial charge on any atom is 0.144 e. The summed E-state index contributed by atoms with van der Waals surface area (Å²) in [5.41, 5.74) is 1.73. The Hall–Kier alpha value is -0.760. The Bertz CT molecular complexity index is 296. The zero-order chi connectivity index (χ0) is 8.93. The Morgan fingerprint density at radius 3 is 2.17 bits per heavy atom. The summed E-state index contributed by atoms with van der Waals surface area (Å²) in [4.78, 5) is 0. The highest BCUT2D eigenvalue weighted by Crippen LogP contribution is 2.48. The molecule has 0 spiro atoms. The third-order valence-electron chi connectivity index (χ3n) is 2.89. The summed E-state index contributed by atoms with van der Waals surface area (Å²) in [7, 11) is 0. The number of aliphatic hydroxyl groups is 1. The lowest BCUT2D eigenvalue weighted by molar-refractivity contribution is 0.0542. The van der Waals surface area contributed by atoms with Crippen molar-refractivity contribution < 1.29 is 5.11 Å². The maximum absolute atomic E-state index is 10.1. The molecule has 1 fully saturated rings. The Morgan fingerprint density at radius 2 is 1.83 bits per heavy atom. The smallest absolute Gasteiger partial charge is 0.144 e. The number of hydrogen-bond acceptors (Lipinski definition) is 1. The quantitative estimate of drug-likeness (QED) is 0.674. The number of nitrogens with zero attached hydrogens (tertiary/aromatic N) is 1. The van der Waals surface area contributed by atoms with Crippen molar-refractivity contribution in [3.05, 3.63) is 23.5 Å². The number of hydrogen-bond donors (Lipinski definition) is 1. The molecule has 0 radical (unpaired) electrons. The molecule has 0 saturated heterocycles. The first kappa shape index (κ1) is 7.87. The molecule has 2 heteroatoms. The van der Waals surface area contributed by atoms with Crippen molar-refractivity contribution in [1.82, 2.24) is 4.57 Å². The topological polar surface area (TPSA) is 25.2 Å². The summed E-state index contributed by atoms with van der Waals surface area (Å²) < 4.78 is 2.04. The summed E-state index contributed by atoms with van der Waals surface area (Å²) in [6.45, 7) is 6.16. The lowest BCUT2D eigenvalue weighted by atomic mass is 10.4. The molecule has 0 aliphatic heterocycles. The fourth-order valence-electron chi connectivity index (χ4n) is 1.98. The molecule has 0 aromatic carbocycles. The van der Waals surface area contributed by atoms with E-state index in [1.807, 2.05) is 18.4 Å². The van der Waals surface area contributed by atoms with Crippen LogP contribution < -0.4 is 0 Å².